The Morgan fingerprint density at radius 2 is 1.88 bits per heavy atom. The number of ether oxygens (including phenoxy) is 1. The van der Waals surface area contributed by atoms with Crippen molar-refractivity contribution >= 4 is 23.7 Å². The molecule has 5 N–H and O–H groups in total. The van der Waals surface area contributed by atoms with Crippen LogP contribution in [0.2, 0.25) is 0 Å². The maximum absolute atomic E-state index is 12.3. The van der Waals surface area contributed by atoms with Gasteiger partial charge < -0.3 is 20.9 Å². The van der Waals surface area contributed by atoms with Gasteiger partial charge in [0.2, 0.25) is 11.8 Å². The summed E-state index contributed by atoms with van der Waals surface area (Å²) in [5.41, 5.74) is 7.14. The maximum Gasteiger partial charge on any atom is 0.331 e. The number of hydrogen-bond acceptors (Lipinski definition) is 5. The number of hydrogen-bond donors (Lipinski definition) is 4. The molecule has 0 saturated carbocycles. The van der Waals surface area contributed by atoms with Crippen molar-refractivity contribution in [2.24, 2.45) is 10.7 Å². The van der Waals surface area contributed by atoms with Crippen LogP contribution in [-0.4, -0.2) is 53.1 Å². The molecule has 9 nitrogen and oxygen atoms in total. The van der Waals surface area contributed by atoms with Crippen molar-refractivity contribution in [1.82, 2.24) is 10.6 Å². The molecule has 1 aromatic carbocycles. The number of benzene rings is 1. The predicted octanol–water partition coefficient (Wildman–Crippen LogP) is 1.91. The number of carboxylic acid groups (broad SMARTS) is 1. The quantitative estimate of drug-likeness (QED) is 0.312. The number of carbonyl (C=O) groups is 3. The van der Waals surface area contributed by atoms with Gasteiger partial charge in [-0.05, 0) is 30.9 Å². The Kier molecular flexibility index (Phi) is 10.1. The molecule has 0 bridgehead atoms. The number of carboxylic acids is 1. The summed E-state index contributed by atoms with van der Waals surface area (Å²) in [7, 11) is 0. The number of nitrogens with zero attached hydrogens (tertiary/aromatic N) is 1. The van der Waals surface area contributed by atoms with Crippen LogP contribution in [0.4, 0.5) is 0 Å². The van der Waals surface area contributed by atoms with Gasteiger partial charge in [0.15, 0.2) is 5.96 Å². The third-order valence-electron chi connectivity index (χ3n) is 5.52. The normalized spacial score (nSPS) is 20.8. The largest absolute Gasteiger partial charge is 0.478 e. The van der Waals surface area contributed by atoms with Gasteiger partial charge in [0.25, 0.3) is 0 Å². The molecule has 0 aromatic heterocycles. The SMILES string of the molecule is CCC(CC)O[C@@H]1C=C(C(=O)O)C[C@H](N=C(N)NC(=O)CCc2ccccc2)[C@H]1NC(C)=O. The first-order valence-electron chi connectivity index (χ1n) is 11.3. The second-order valence-corrected chi connectivity index (χ2v) is 8.08. The average molecular weight is 459 g/mol. The molecule has 2 rings (SSSR count). The fourth-order valence-electron chi connectivity index (χ4n) is 3.78. The Morgan fingerprint density at radius 1 is 1.21 bits per heavy atom. The van der Waals surface area contributed by atoms with E-state index in [2.05, 4.69) is 15.6 Å². The lowest BCUT2D eigenvalue weighted by atomic mass is 9.88. The van der Waals surface area contributed by atoms with E-state index in [4.69, 9.17) is 10.5 Å². The molecule has 2 amide bonds. The molecule has 0 spiro atoms. The highest BCUT2D eigenvalue weighted by Gasteiger charge is 2.37. The monoisotopic (exact) mass is 458 g/mol. The van der Waals surface area contributed by atoms with E-state index in [1.165, 1.54) is 13.0 Å². The average Bonchev–Trinajstić information content (AvgIpc) is 2.77. The highest BCUT2D eigenvalue weighted by Crippen LogP contribution is 2.26. The van der Waals surface area contributed by atoms with Crippen LogP contribution in [0.25, 0.3) is 0 Å². The predicted molar refractivity (Wildman–Crippen MR) is 125 cm³/mol. The maximum atomic E-state index is 12.3. The standard InChI is InChI=1S/C24H34N4O5/c1-4-18(5-2)33-20-14-17(23(31)32)13-19(22(20)26-15(3)29)27-24(25)28-21(30)12-11-16-9-7-6-8-10-16/h6-10,14,18-20,22H,4-5,11-13H2,1-3H3,(H,26,29)(H,31,32)(H3,25,27,28,30)/t19-,20+,22+/m0/s1. The molecule has 1 aliphatic rings. The number of nitrogens with two attached hydrogens (primary N) is 1. The molecule has 1 aromatic rings. The van der Waals surface area contributed by atoms with Crippen LogP contribution in [-0.2, 0) is 25.5 Å². The molecule has 3 atom stereocenters. The molecule has 0 unspecified atom stereocenters. The molecule has 0 heterocycles. The Balaban J connectivity index is 2.17. The molecule has 0 radical (unpaired) electrons. The summed E-state index contributed by atoms with van der Waals surface area (Å²) < 4.78 is 6.11. The van der Waals surface area contributed by atoms with Crippen LogP contribution in [0.3, 0.4) is 0 Å². The Hall–Kier alpha value is -3.20. The topological polar surface area (TPSA) is 143 Å². The zero-order valence-electron chi connectivity index (χ0n) is 19.4. The van der Waals surface area contributed by atoms with Gasteiger partial charge in [0, 0.05) is 25.3 Å². The van der Waals surface area contributed by atoms with Crippen LogP contribution in [0.5, 0.6) is 0 Å². The van der Waals surface area contributed by atoms with Gasteiger partial charge >= 0.3 is 5.97 Å². The Bertz CT molecular complexity index is 880. The summed E-state index contributed by atoms with van der Waals surface area (Å²) in [4.78, 5) is 40.3. The number of amides is 2. The Labute approximate surface area is 194 Å². The lowest BCUT2D eigenvalue weighted by Gasteiger charge is -2.36. The van der Waals surface area contributed by atoms with E-state index in [-0.39, 0.29) is 42.3 Å². The van der Waals surface area contributed by atoms with E-state index in [1.54, 1.807) is 0 Å². The van der Waals surface area contributed by atoms with E-state index in [0.717, 1.165) is 18.4 Å². The molecule has 1 aliphatic carbocycles. The minimum Gasteiger partial charge on any atom is -0.478 e. The molecule has 180 valence electrons. The van der Waals surface area contributed by atoms with Gasteiger partial charge in [0.05, 0.1) is 24.3 Å². The summed E-state index contributed by atoms with van der Waals surface area (Å²) in [6.45, 7) is 5.33. The van der Waals surface area contributed by atoms with Crippen LogP contribution >= 0.6 is 0 Å². The number of nitrogens with one attached hydrogen (secondary N) is 2. The lowest BCUT2D eigenvalue weighted by molar-refractivity contribution is -0.133. The van der Waals surface area contributed by atoms with Gasteiger partial charge in [-0.15, -0.1) is 0 Å². The molecule has 0 aliphatic heterocycles. The van der Waals surface area contributed by atoms with Crippen molar-refractivity contribution in [3.63, 3.8) is 0 Å². The number of rotatable bonds is 10. The van der Waals surface area contributed by atoms with E-state index < -0.39 is 24.2 Å². The lowest BCUT2D eigenvalue weighted by Crippen LogP contribution is -2.54. The first-order valence-corrected chi connectivity index (χ1v) is 11.3. The van der Waals surface area contributed by atoms with E-state index in [0.29, 0.717) is 6.42 Å². The van der Waals surface area contributed by atoms with Crippen molar-refractivity contribution in [3.8, 4) is 0 Å². The van der Waals surface area contributed by atoms with Crippen molar-refractivity contribution in [2.75, 3.05) is 0 Å². The number of carbonyl (C=O) groups excluding carboxylic acids is 2. The van der Waals surface area contributed by atoms with E-state index in [1.807, 2.05) is 44.2 Å². The summed E-state index contributed by atoms with van der Waals surface area (Å²) >= 11 is 0. The third-order valence-corrected chi connectivity index (χ3v) is 5.52. The fraction of sp³-hybridized carbons (Fsp3) is 0.500. The first-order chi connectivity index (χ1) is 15.7. The summed E-state index contributed by atoms with van der Waals surface area (Å²) in [6.07, 6.45) is 3.04. The fourth-order valence-corrected chi connectivity index (χ4v) is 3.78. The Morgan fingerprint density at radius 3 is 2.45 bits per heavy atom. The highest BCUT2D eigenvalue weighted by molar-refractivity contribution is 5.96. The first kappa shape index (κ1) is 26.1. The summed E-state index contributed by atoms with van der Waals surface area (Å²) in [5, 5.41) is 15.0. The van der Waals surface area contributed by atoms with Crippen molar-refractivity contribution < 1.29 is 24.2 Å². The van der Waals surface area contributed by atoms with E-state index >= 15 is 0 Å². The van der Waals surface area contributed by atoms with Gasteiger partial charge in [-0.2, -0.15) is 0 Å². The zero-order valence-corrected chi connectivity index (χ0v) is 19.4. The number of aryl methyl sites for hydroxylation is 1. The molecule has 0 fully saturated rings. The second-order valence-electron chi connectivity index (χ2n) is 8.08. The molecule has 0 saturated heterocycles. The minimum absolute atomic E-state index is 0.0453. The zero-order chi connectivity index (χ0) is 24.4. The summed E-state index contributed by atoms with van der Waals surface area (Å²) in [5.74, 6) is -1.80. The van der Waals surface area contributed by atoms with E-state index in [9.17, 15) is 19.5 Å². The highest BCUT2D eigenvalue weighted by atomic mass is 16.5. The smallest absolute Gasteiger partial charge is 0.331 e. The van der Waals surface area contributed by atoms with Crippen molar-refractivity contribution in [3.05, 3.63) is 47.5 Å². The third kappa shape index (κ3) is 8.34. The van der Waals surface area contributed by atoms with Crippen LogP contribution < -0.4 is 16.4 Å². The van der Waals surface area contributed by atoms with Crippen molar-refractivity contribution in [2.45, 2.75) is 77.2 Å². The van der Waals surface area contributed by atoms with Crippen LogP contribution in [0.1, 0.15) is 52.0 Å². The molecular weight excluding hydrogens is 424 g/mol. The number of guanidine groups is 1. The van der Waals surface area contributed by atoms with Gasteiger partial charge in [0.1, 0.15) is 0 Å². The molecule has 9 heteroatoms. The van der Waals surface area contributed by atoms with Gasteiger partial charge in [-0.25, -0.2) is 9.79 Å². The number of aliphatic carboxylic acids is 1. The van der Waals surface area contributed by atoms with Crippen molar-refractivity contribution in [1.29, 1.82) is 0 Å². The van der Waals surface area contributed by atoms with Crippen LogP contribution in [0.15, 0.2) is 47.0 Å². The second kappa shape index (κ2) is 12.7. The van der Waals surface area contributed by atoms with Gasteiger partial charge in [-0.1, -0.05) is 44.2 Å². The van der Waals surface area contributed by atoms with Gasteiger partial charge in [-0.3, -0.25) is 14.9 Å². The van der Waals surface area contributed by atoms with Crippen LogP contribution in [0, 0.1) is 0 Å². The summed E-state index contributed by atoms with van der Waals surface area (Å²) in [6, 6.07) is 8.26. The minimum atomic E-state index is -1.08. The number of aliphatic imine (C=N–C) groups is 1. The molecule has 33 heavy (non-hydrogen) atoms. The molecular formula is C24H34N4O5.